The fourth-order valence-corrected chi connectivity index (χ4v) is 1.60. The topological polar surface area (TPSA) is 84.2 Å². The Balaban J connectivity index is 2.65. The van der Waals surface area contributed by atoms with E-state index in [2.05, 4.69) is 10.6 Å². The van der Waals surface area contributed by atoms with Crippen molar-refractivity contribution in [1.29, 1.82) is 0 Å². The van der Waals surface area contributed by atoms with Crippen molar-refractivity contribution < 1.29 is 9.59 Å². The van der Waals surface area contributed by atoms with E-state index >= 15 is 0 Å². The molecule has 0 saturated heterocycles. The molecular weight excluding hydrogens is 230 g/mol. The van der Waals surface area contributed by atoms with Crippen LogP contribution < -0.4 is 16.4 Å². The minimum atomic E-state index is -0.466. The van der Waals surface area contributed by atoms with E-state index in [0.29, 0.717) is 12.1 Å². The second-order valence-electron chi connectivity index (χ2n) is 4.05. The van der Waals surface area contributed by atoms with Gasteiger partial charge in [0.25, 0.3) is 0 Å². The van der Waals surface area contributed by atoms with Gasteiger partial charge in [-0.25, -0.2) is 0 Å². The van der Waals surface area contributed by atoms with E-state index in [-0.39, 0.29) is 12.5 Å². The van der Waals surface area contributed by atoms with Crippen molar-refractivity contribution in [2.24, 2.45) is 5.73 Å². The predicted octanol–water partition coefficient (Wildman–Crippen LogP) is 1.03. The highest BCUT2D eigenvalue weighted by molar-refractivity contribution is 5.96. The number of primary amides is 1. The average Bonchev–Trinajstić information content (AvgIpc) is 2.34. The largest absolute Gasteiger partial charge is 0.376 e. The van der Waals surface area contributed by atoms with Gasteiger partial charge in [0.05, 0.1) is 6.54 Å². The third-order valence-corrected chi connectivity index (χ3v) is 2.61. The summed E-state index contributed by atoms with van der Waals surface area (Å²) < 4.78 is 0. The van der Waals surface area contributed by atoms with Crippen molar-refractivity contribution >= 4 is 17.5 Å². The van der Waals surface area contributed by atoms with Crippen molar-refractivity contribution in [2.45, 2.75) is 20.3 Å². The summed E-state index contributed by atoms with van der Waals surface area (Å²) in [7, 11) is 0. The van der Waals surface area contributed by atoms with Gasteiger partial charge >= 0.3 is 0 Å². The molecule has 1 aromatic carbocycles. The van der Waals surface area contributed by atoms with Crippen LogP contribution in [0.3, 0.4) is 0 Å². The van der Waals surface area contributed by atoms with Gasteiger partial charge in [0.2, 0.25) is 11.8 Å². The number of anilines is 1. The number of carbonyl (C=O) groups is 2. The zero-order valence-corrected chi connectivity index (χ0v) is 10.7. The lowest BCUT2D eigenvalue weighted by atomic mass is 10.1. The molecule has 0 aliphatic carbocycles. The first-order chi connectivity index (χ1) is 8.56. The lowest BCUT2D eigenvalue weighted by Crippen LogP contribution is -2.30. The Morgan fingerprint density at radius 2 is 2.06 bits per heavy atom. The quantitative estimate of drug-likeness (QED) is 0.704. The van der Waals surface area contributed by atoms with E-state index in [9.17, 15) is 9.59 Å². The minimum absolute atomic E-state index is 0.0688. The van der Waals surface area contributed by atoms with Crippen molar-refractivity contribution in [1.82, 2.24) is 5.32 Å². The molecule has 0 radical (unpaired) electrons. The number of nitrogens with one attached hydrogen (secondary N) is 2. The van der Waals surface area contributed by atoms with Crippen LogP contribution in [0, 0.1) is 6.92 Å². The highest BCUT2D eigenvalue weighted by Crippen LogP contribution is 2.18. The van der Waals surface area contributed by atoms with Gasteiger partial charge in [-0.1, -0.05) is 13.0 Å². The van der Waals surface area contributed by atoms with Gasteiger partial charge in [-0.3, -0.25) is 9.59 Å². The maximum absolute atomic E-state index is 11.4. The standard InChI is InChI=1S/C13H19N3O2/c1-3-7-15-12(17)8-16-11-6-4-5-10(9(11)2)13(14)18/h4-6,16H,3,7-8H2,1-2H3,(H2,14,18)(H,15,17). The van der Waals surface area contributed by atoms with Crippen LogP contribution in [-0.4, -0.2) is 24.9 Å². The zero-order valence-electron chi connectivity index (χ0n) is 10.7. The van der Waals surface area contributed by atoms with E-state index in [0.717, 1.165) is 17.7 Å². The SMILES string of the molecule is CCCNC(=O)CNc1cccc(C(N)=O)c1C. The summed E-state index contributed by atoms with van der Waals surface area (Å²) in [6, 6.07) is 5.22. The monoisotopic (exact) mass is 249 g/mol. The molecule has 2 amide bonds. The number of nitrogens with two attached hydrogens (primary N) is 1. The van der Waals surface area contributed by atoms with Crippen molar-refractivity contribution in [2.75, 3.05) is 18.4 Å². The second-order valence-corrected chi connectivity index (χ2v) is 4.05. The summed E-state index contributed by atoms with van der Waals surface area (Å²) in [5, 5.41) is 5.76. The molecule has 0 fully saturated rings. The molecule has 0 heterocycles. The van der Waals surface area contributed by atoms with Crippen LogP contribution in [0.25, 0.3) is 0 Å². The first-order valence-corrected chi connectivity index (χ1v) is 5.96. The molecule has 0 aliphatic heterocycles. The molecule has 1 aromatic rings. The van der Waals surface area contributed by atoms with Crippen molar-refractivity contribution in [3.05, 3.63) is 29.3 Å². The highest BCUT2D eigenvalue weighted by Gasteiger charge is 2.08. The van der Waals surface area contributed by atoms with Gasteiger partial charge in [0.15, 0.2) is 0 Å². The molecule has 0 spiro atoms. The zero-order chi connectivity index (χ0) is 13.5. The third-order valence-electron chi connectivity index (χ3n) is 2.61. The maximum atomic E-state index is 11.4. The molecular formula is C13H19N3O2. The van der Waals surface area contributed by atoms with Crippen LogP contribution in [-0.2, 0) is 4.79 Å². The summed E-state index contributed by atoms with van der Waals surface area (Å²) in [6.07, 6.45) is 0.905. The lowest BCUT2D eigenvalue weighted by molar-refractivity contribution is -0.119. The molecule has 5 heteroatoms. The van der Waals surface area contributed by atoms with Gasteiger partial charge < -0.3 is 16.4 Å². The number of rotatable bonds is 6. The summed E-state index contributed by atoms with van der Waals surface area (Å²) in [5.41, 5.74) is 7.23. The van der Waals surface area contributed by atoms with E-state index < -0.39 is 5.91 Å². The Hall–Kier alpha value is -2.04. The van der Waals surface area contributed by atoms with Crippen LogP contribution in [0.4, 0.5) is 5.69 Å². The van der Waals surface area contributed by atoms with Crippen LogP contribution in [0.15, 0.2) is 18.2 Å². The molecule has 0 bridgehead atoms. The first kappa shape index (κ1) is 14.0. The van der Waals surface area contributed by atoms with Gasteiger partial charge in [0.1, 0.15) is 0 Å². The van der Waals surface area contributed by atoms with Gasteiger partial charge in [-0.2, -0.15) is 0 Å². The highest BCUT2D eigenvalue weighted by atomic mass is 16.2. The molecule has 0 atom stereocenters. The molecule has 98 valence electrons. The van der Waals surface area contributed by atoms with E-state index in [4.69, 9.17) is 5.73 Å². The molecule has 0 aromatic heterocycles. The molecule has 0 aliphatic rings. The van der Waals surface area contributed by atoms with E-state index in [1.807, 2.05) is 13.0 Å². The molecule has 0 saturated carbocycles. The summed E-state index contributed by atoms with van der Waals surface area (Å²) in [6.45, 7) is 4.64. The summed E-state index contributed by atoms with van der Waals surface area (Å²) in [5.74, 6) is -0.535. The number of hydrogen-bond acceptors (Lipinski definition) is 3. The second kappa shape index (κ2) is 6.64. The fourth-order valence-electron chi connectivity index (χ4n) is 1.60. The summed E-state index contributed by atoms with van der Waals surface area (Å²) >= 11 is 0. The first-order valence-electron chi connectivity index (χ1n) is 5.96. The van der Waals surface area contributed by atoms with Crippen LogP contribution in [0.2, 0.25) is 0 Å². The van der Waals surface area contributed by atoms with Gasteiger partial charge in [-0.05, 0) is 31.0 Å². The predicted molar refractivity (Wildman–Crippen MR) is 71.5 cm³/mol. The van der Waals surface area contributed by atoms with E-state index in [1.54, 1.807) is 19.1 Å². The number of amides is 2. The molecule has 1 rings (SSSR count). The maximum Gasteiger partial charge on any atom is 0.249 e. The van der Waals surface area contributed by atoms with Gasteiger partial charge in [0, 0.05) is 17.8 Å². The lowest BCUT2D eigenvalue weighted by Gasteiger charge is -2.11. The van der Waals surface area contributed by atoms with Crippen molar-refractivity contribution in [3.8, 4) is 0 Å². The fraction of sp³-hybridized carbons (Fsp3) is 0.385. The molecule has 5 nitrogen and oxygen atoms in total. The molecule has 0 unspecified atom stereocenters. The number of hydrogen-bond donors (Lipinski definition) is 3. The number of benzene rings is 1. The average molecular weight is 249 g/mol. The Morgan fingerprint density at radius 1 is 1.33 bits per heavy atom. The third kappa shape index (κ3) is 3.76. The van der Waals surface area contributed by atoms with E-state index in [1.165, 1.54) is 0 Å². The van der Waals surface area contributed by atoms with Crippen LogP contribution >= 0.6 is 0 Å². The van der Waals surface area contributed by atoms with Crippen molar-refractivity contribution in [3.63, 3.8) is 0 Å². The molecule has 18 heavy (non-hydrogen) atoms. The Morgan fingerprint density at radius 3 is 2.67 bits per heavy atom. The Labute approximate surface area is 107 Å². The number of carbonyl (C=O) groups excluding carboxylic acids is 2. The summed E-state index contributed by atoms with van der Waals surface area (Å²) in [4.78, 5) is 22.6. The Bertz CT molecular complexity index is 444. The van der Waals surface area contributed by atoms with Gasteiger partial charge in [-0.15, -0.1) is 0 Å². The minimum Gasteiger partial charge on any atom is -0.376 e. The Kier molecular flexibility index (Phi) is 5.17. The normalized spacial score (nSPS) is 9.89. The molecule has 4 N–H and O–H groups in total. The van der Waals surface area contributed by atoms with Crippen LogP contribution in [0.1, 0.15) is 29.3 Å². The smallest absolute Gasteiger partial charge is 0.249 e. The van der Waals surface area contributed by atoms with Crippen LogP contribution in [0.5, 0.6) is 0 Å².